The summed E-state index contributed by atoms with van der Waals surface area (Å²) in [6, 6.07) is -0.131. The van der Waals surface area contributed by atoms with Crippen LogP contribution in [0.4, 0.5) is 0 Å². The van der Waals surface area contributed by atoms with Gasteiger partial charge in [-0.15, -0.1) is 0 Å². The average molecular weight is 270 g/mol. The Hall–Kier alpha value is -0.610. The highest BCUT2D eigenvalue weighted by Gasteiger charge is 2.15. The first-order chi connectivity index (χ1) is 9.24. The Morgan fingerprint density at radius 3 is 2.68 bits per heavy atom. The van der Waals surface area contributed by atoms with E-state index in [1.165, 1.54) is 38.5 Å². The molecular formula is C15H30N2O2. The Bertz CT molecular complexity index is 240. The van der Waals surface area contributed by atoms with Crippen LogP contribution in [0, 0.1) is 0 Å². The molecule has 2 N–H and O–H groups in total. The van der Waals surface area contributed by atoms with Crippen LogP contribution in [0.3, 0.4) is 0 Å². The van der Waals surface area contributed by atoms with Gasteiger partial charge in [0.15, 0.2) is 0 Å². The fourth-order valence-corrected chi connectivity index (χ4v) is 2.39. The van der Waals surface area contributed by atoms with E-state index in [0.29, 0.717) is 12.7 Å². The lowest BCUT2D eigenvalue weighted by Crippen LogP contribution is -2.43. The summed E-state index contributed by atoms with van der Waals surface area (Å²) in [6.07, 6.45) is 8.89. The van der Waals surface area contributed by atoms with Crippen molar-refractivity contribution in [1.29, 1.82) is 0 Å². The minimum absolute atomic E-state index is 0.0944. The van der Waals surface area contributed by atoms with E-state index in [4.69, 9.17) is 4.74 Å². The van der Waals surface area contributed by atoms with E-state index in [0.717, 1.165) is 19.5 Å². The summed E-state index contributed by atoms with van der Waals surface area (Å²) >= 11 is 0. The zero-order valence-electron chi connectivity index (χ0n) is 12.5. The molecule has 1 saturated carbocycles. The lowest BCUT2D eigenvalue weighted by molar-refractivity contribution is -0.122. The first-order valence-electron chi connectivity index (χ1n) is 7.86. The molecule has 0 aliphatic heterocycles. The van der Waals surface area contributed by atoms with Gasteiger partial charge >= 0.3 is 0 Å². The molecule has 0 aromatic carbocycles. The Morgan fingerprint density at radius 2 is 2.00 bits per heavy atom. The normalized spacial score (nSPS) is 17.6. The molecular weight excluding hydrogens is 240 g/mol. The minimum atomic E-state index is -0.131. The van der Waals surface area contributed by atoms with Crippen molar-refractivity contribution in [3.63, 3.8) is 0 Å². The van der Waals surface area contributed by atoms with Crippen molar-refractivity contribution >= 4 is 5.91 Å². The predicted octanol–water partition coefficient (Wildman–Crippen LogP) is 2.23. The second kappa shape index (κ2) is 10.2. The van der Waals surface area contributed by atoms with Crippen LogP contribution in [0.1, 0.15) is 58.8 Å². The maximum Gasteiger partial charge on any atom is 0.236 e. The van der Waals surface area contributed by atoms with Gasteiger partial charge in [-0.25, -0.2) is 0 Å². The van der Waals surface area contributed by atoms with Gasteiger partial charge in [0.1, 0.15) is 0 Å². The summed E-state index contributed by atoms with van der Waals surface area (Å²) in [5.41, 5.74) is 0. The van der Waals surface area contributed by atoms with Crippen LogP contribution in [0.15, 0.2) is 0 Å². The van der Waals surface area contributed by atoms with E-state index in [1.54, 1.807) is 0 Å². The minimum Gasteiger partial charge on any atom is -0.377 e. The molecule has 0 heterocycles. The monoisotopic (exact) mass is 270 g/mol. The van der Waals surface area contributed by atoms with Crippen molar-refractivity contribution in [2.45, 2.75) is 70.9 Å². The molecule has 1 aliphatic carbocycles. The third-order valence-corrected chi connectivity index (χ3v) is 3.68. The van der Waals surface area contributed by atoms with E-state index >= 15 is 0 Å². The summed E-state index contributed by atoms with van der Waals surface area (Å²) < 4.78 is 5.75. The maximum absolute atomic E-state index is 11.7. The molecule has 1 aliphatic rings. The van der Waals surface area contributed by atoms with Gasteiger partial charge in [-0.05, 0) is 26.2 Å². The van der Waals surface area contributed by atoms with Gasteiger partial charge in [-0.1, -0.05) is 32.6 Å². The summed E-state index contributed by atoms with van der Waals surface area (Å²) in [6.45, 7) is 6.32. The first-order valence-corrected chi connectivity index (χ1v) is 7.86. The van der Waals surface area contributed by atoms with Crippen LogP contribution < -0.4 is 10.6 Å². The van der Waals surface area contributed by atoms with Crippen molar-refractivity contribution in [2.24, 2.45) is 0 Å². The Kier molecular flexibility index (Phi) is 8.84. The molecule has 1 fully saturated rings. The zero-order valence-corrected chi connectivity index (χ0v) is 12.5. The number of ether oxygens (including phenoxy) is 1. The van der Waals surface area contributed by atoms with Gasteiger partial charge in [-0.3, -0.25) is 4.79 Å². The Balaban J connectivity index is 1.96. The van der Waals surface area contributed by atoms with Crippen LogP contribution in [0.2, 0.25) is 0 Å². The summed E-state index contributed by atoms with van der Waals surface area (Å²) in [4.78, 5) is 11.7. The zero-order chi connectivity index (χ0) is 13.9. The molecule has 1 rings (SSSR count). The highest BCUT2D eigenvalue weighted by Crippen LogP contribution is 2.20. The molecule has 1 unspecified atom stereocenters. The molecule has 1 atom stereocenters. The Morgan fingerprint density at radius 1 is 1.26 bits per heavy atom. The second-order valence-electron chi connectivity index (χ2n) is 5.45. The van der Waals surface area contributed by atoms with Crippen molar-refractivity contribution in [3.05, 3.63) is 0 Å². The van der Waals surface area contributed by atoms with Crippen molar-refractivity contribution in [1.82, 2.24) is 10.6 Å². The second-order valence-corrected chi connectivity index (χ2v) is 5.45. The van der Waals surface area contributed by atoms with Crippen LogP contribution in [0.5, 0.6) is 0 Å². The first kappa shape index (κ1) is 16.4. The van der Waals surface area contributed by atoms with Gasteiger partial charge in [0, 0.05) is 13.1 Å². The molecule has 4 nitrogen and oxygen atoms in total. The fraction of sp³-hybridized carbons (Fsp3) is 0.933. The smallest absolute Gasteiger partial charge is 0.236 e. The van der Waals surface area contributed by atoms with Crippen LogP contribution in [0.25, 0.3) is 0 Å². The number of carbonyl (C=O) groups is 1. The molecule has 4 heteroatoms. The van der Waals surface area contributed by atoms with E-state index in [1.807, 2.05) is 6.92 Å². The van der Waals surface area contributed by atoms with Crippen molar-refractivity contribution < 1.29 is 9.53 Å². The van der Waals surface area contributed by atoms with E-state index in [9.17, 15) is 4.79 Å². The number of unbranched alkanes of at least 4 members (excludes halogenated alkanes) is 2. The molecule has 0 aromatic heterocycles. The third kappa shape index (κ3) is 7.53. The molecule has 0 spiro atoms. The average Bonchev–Trinajstić information content (AvgIpc) is 2.92. The molecule has 0 saturated heterocycles. The van der Waals surface area contributed by atoms with Gasteiger partial charge < -0.3 is 15.4 Å². The third-order valence-electron chi connectivity index (χ3n) is 3.68. The standard InChI is InChI=1S/C15H30N2O2/c1-3-4-7-10-17-15(18)13(2)16-11-12-19-14-8-5-6-9-14/h13-14,16H,3-12H2,1-2H3,(H,17,18). The quantitative estimate of drug-likeness (QED) is 0.599. The van der Waals surface area contributed by atoms with Crippen LogP contribution in [-0.4, -0.2) is 37.7 Å². The Labute approximate surface area is 117 Å². The number of hydrogen-bond acceptors (Lipinski definition) is 3. The largest absolute Gasteiger partial charge is 0.377 e. The molecule has 0 bridgehead atoms. The molecule has 0 aromatic rings. The highest BCUT2D eigenvalue weighted by molar-refractivity contribution is 5.81. The molecule has 0 radical (unpaired) electrons. The van der Waals surface area contributed by atoms with E-state index < -0.39 is 0 Å². The van der Waals surface area contributed by atoms with Crippen LogP contribution in [-0.2, 0) is 9.53 Å². The topological polar surface area (TPSA) is 50.4 Å². The maximum atomic E-state index is 11.7. The summed E-state index contributed by atoms with van der Waals surface area (Å²) in [7, 11) is 0. The lowest BCUT2D eigenvalue weighted by atomic mass is 10.2. The van der Waals surface area contributed by atoms with Gasteiger partial charge in [0.05, 0.1) is 18.8 Å². The van der Waals surface area contributed by atoms with E-state index in [2.05, 4.69) is 17.6 Å². The summed E-state index contributed by atoms with van der Waals surface area (Å²) in [5, 5.41) is 6.17. The van der Waals surface area contributed by atoms with Crippen LogP contribution >= 0.6 is 0 Å². The number of nitrogens with one attached hydrogen (secondary N) is 2. The van der Waals surface area contributed by atoms with E-state index in [-0.39, 0.29) is 11.9 Å². The van der Waals surface area contributed by atoms with Gasteiger partial charge in [0.2, 0.25) is 5.91 Å². The van der Waals surface area contributed by atoms with Gasteiger partial charge in [0.25, 0.3) is 0 Å². The number of amides is 1. The van der Waals surface area contributed by atoms with Crippen molar-refractivity contribution in [2.75, 3.05) is 19.7 Å². The molecule has 112 valence electrons. The molecule has 1 amide bonds. The predicted molar refractivity (Wildman–Crippen MR) is 78.2 cm³/mol. The number of carbonyl (C=O) groups excluding carboxylic acids is 1. The SMILES string of the molecule is CCCCCNC(=O)C(C)NCCOC1CCCC1. The number of rotatable bonds is 10. The van der Waals surface area contributed by atoms with Gasteiger partial charge in [-0.2, -0.15) is 0 Å². The summed E-state index contributed by atoms with van der Waals surface area (Å²) in [5.74, 6) is 0.0944. The highest BCUT2D eigenvalue weighted by atomic mass is 16.5. The number of hydrogen-bond donors (Lipinski definition) is 2. The lowest BCUT2D eigenvalue weighted by Gasteiger charge is -2.15. The molecule has 19 heavy (non-hydrogen) atoms. The fourth-order valence-electron chi connectivity index (χ4n) is 2.39. The van der Waals surface area contributed by atoms with Crippen molar-refractivity contribution in [3.8, 4) is 0 Å².